The Balaban J connectivity index is 1.57. The number of amides is 1. The maximum atomic E-state index is 13.1. The highest BCUT2D eigenvalue weighted by Gasteiger charge is 2.41. The van der Waals surface area contributed by atoms with Crippen LogP contribution in [-0.2, 0) is 11.2 Å². The zero-order valence-corrected chi connectivity index (χ0v) is 16.6. The van der Waals surface area contributed by atoms with E-state index in [0.717, 1.165) is 38.5 Å². The van der Waals surface area contributed by atoms with Gasteiger partial charge in [0, 0.05) is 50.8 Å². The molecule has 1 amide bonds. The molecule has 0 bridgehead atoms. The third kappa shape index (κ3) is 3.80. The molecule has 2 aliphatic rings. The van der Waals surface area contributed by atoms with Crippen molar-refractivity contribution in [1.82, 2.24) is 20.2 Å². The van der Waals surface area contributed by atoms with Crippen LogP contribution in [0.15, 0.2) is 42.7 Å². The zero-order valence-electron chi connectivity index (χ0n) is 16.6. The van der Waals surface area contributed by atoms with Crippen LogP contribution in [0.3, 0.4) is 0 Å². The van der Waals surface area contributed by atoms with Crippen molar-refractivity contribution in [3.8, 4) is 0 Å². The van der Waals surface area contributed by atoms with Crippen LogP contribution in [0.25, 0.3) is 0 Å². The van der Waals surface area contributed by atoms with Crippen LogP contribution in [0.2, 0.25) is 0 Å². The fourth-order valence-corrected chi connectivity index (χ4v) is 4.23. The molecule has 1 aromatic carbocycles. The summed E-state index contributed by atoms with van der Waals surface area (Å²) < 4.78 is 0. The fourth-order valence-electron chi connectivity index (χ4n) is 4.23. The number of rotatable bonds is 5. The van der Waals surface area contributed by atoms with Gasteiger partial charge in [-0.3, -0.25) is 4.79 Å². The lowest BCUT2D eigenvalue weighted by molar-refractivity contribution is -0.125. The quantitative estimate of drug-likeness (QED) is 0.836. The van der Waals surface area contributed by atoms with Crippen molar-refractivity contribution >= 4 is 17.5 Å². The summed E-state index contributed by atoms with van der Waals surface area (Å²) in [5, 5.41) is 3.15. The minimum Gasteiger partial charge on any atom is -0.364 e. The molecular formula is C21H28N6O. The van der Waals surface area contributed by atoms with Crippen LogP contribution in [-0.4, -0.2) is 73.6 Å². The van der Waals surface area contributed by atoms with Crippen molar-refractivity contribution in [2.75, 3.05) is 56.6 Å². The SMILES string of the molecule is CN(C)CCNC(=O)[C@@H]1Cc2ccccc2N2CCN(c3ncccn3)C[C@@H]12. The van der Waals surface area contributed by atoms with Gasteiger partial charge in [-0.1, -0.05) is 18.2 Å². The first-order valence-corrected chi connectivity index (χ1v) is 9.92. The van der Waals surface area contributed by atoms with E-state index in [4.69, 9.17) is 0 Å². The van der Waals surface area contributed by atoms with Gasteiger partial charge in [0.15, 0.2) is 0 Å². The molecule has 2 aliphatic heterocycles. The average Bonchev–Trinajstić information content (AvgIpc) is 2.73. The second-order valence-electron chi connectivity index (χ2n) is 7.79. The molecule has 0 saturated carbocycles. The molecule has 7 nitrogen and oxygen atoms in total. The topological polar surface area (TPSA) is 64.6 Å². The number of nitrogens with zero attached hydrogens (tertiary/aromatic N) is 5. The number of aromatic nitrogens is 2. The summed E-state index contributed by atoms with van der Waals surface area (Å²) in [7, 11) is 4.03. The Morgan fingerprint density at radius 1 is 1.18 bits per heavy atom. The smallest absolute Gasteiger partial charge is 0.225 e. The monoisotopic (exact) mass is 380 g/mol. The van der Waals surface area contributed by atoms with Gasteiger partial charge in [-0.05, 0) is 38.2 Å². The van der Waals surface area contributed by atoms with Gasteiger partial charge in [0.25, 0.3) is 0 Å². The summed E-state index contributed by atoms with van der Waals surface area (Å²) in [6.07, 6.45) is 4.32. The van der Waals surface area contributed by atoms with Crippen LogP contribution in [0.4, 0.5) is 11.6 Å². The molecule has 4 rings (SSSR count). The number of piperazine rings is 1. The Morgan fingerprint density at radius 3 is 2.75 bits per heavy atom. The van der Waals surface area contributed by atoms with E-state index in [2.05, 4.69) is 54.2 Å². The normalized spacial score (nSPS) is 21.2. The molecule has 148 valence electrons. The van der Waals surface area contributed by atoms with E-state index < -0.39 is 0 Å². The first kappa shape index (κ1) is 18.7. The Kier molecular flexibility index (Phi) is 5.43. The van der Waals surface area contributed by atoms with Crippen LogP contribution in [0.1, 0.15) is 5.56 Å². The number of carbonyl (C=O) groups is 1. The summed E-state index contributed by atoms with van der Waals surface area (Å²) >= 11 is 0. The summed E-state index contributed by atoms with van der Waals surface area (Å²) in [6.45, 7) is 3.98. The fraction of sp³-hybridized carbons (Fsp3) is 0.476. The largest absolute Gasteiger partial charge is 0.364 e. The van der Waals surface area contributed by atoms with Gasteiger partial charge < -0.3 is 20.0 Å². The molecule has 28 heavy (non-hydrogen) atoms. The number of likely N-dealkylation sites (N-methyl/N-ethyl adjacent to an activating group) is 1. The van der Waals surface area contributed by atoms with Crippen molar-refractivity contribution in [2.24, 2.45) is 5.92 Å². The lowest BCUT2D eigenvalue weighted by Gasteiger charge is -2.49. The van der Waals surface area contributed by atoms with Gasteiger partial charge in [0.05, 0.1) is 12.0 Å². The number of nitrogens with one attached hydrogen (secondary N) is 1. The predicted octanol–water partition coefficient (Wildman–Crippen LogP) is 1.02. The van der Waals surface area contributed by atoms with Gasteiger partial charge in [0.2, 0.25) is 11.9 Å². The maximum Gasteiger partial charge on any atom is 0.225 e. The zero-order chi connectivity index (χ0) is 19.5. The van der Waals surface area contributed by atoms with Gasteiger partial charge in [0.1, 0.15) is 0 Å². The molecule has 3 heterocycles. The second kappa shape index (κ2) is 8.14. The molecule has 1 fully saturated rings. The van der Waals surface area contributed by atoms with Crippen molar-refractivity contribution in [3.63, 3.8) is 0 Å². The van der Waals surface area contributed by atoms with E-state index in [9.17, 15) is 4.79 Å². The van der Waals surface area contributed by atoms with E-state index in [-0.39, 0.29) is 17.9 Å². The summed E-state index contributed by atoms with van der Waals surface area (Å²) in [6, 6.07) is 10.4. The number of anilines is 2. The summed E-state index contributed by atoms with van der Waals surface area (Å²) in [4.78, 5) is 28.6. The average molecular weight is 380 g/mol. The van der Waals surface area contributed by atoms with Crippen molar-refractivity contribution in [3.05, 3.63) is 48.3 Å². The van der Waals surface area contributed by atoms with Crippen LogP contribution >= 0.6 is 0 Å². The Morgan fingerprint density at radius 2 is 1.96 bits per heavy atom. The van der Waals surface area contributed by atoms with Gasteiger partial charge in [-0.2, -0.15) is 0 Å². The number of hydrogen-bond acceptors (Lipinski definition) is 6. The molecule has 7 heteroatoms. The van der Waals surface area contributed by atoms with E-state index in [0.29, 0.717) is 6.54 Å². The molecule has 2 aromatic rings. The third-order valence-electron chi connectivity index (χ3n) is 5.65. The third-order valence-corrected chi connectivity index (χ3v) is 5.65. The molecular weight excluding hydrogens is 352 g/mol. The highest BCUT2D eigenvalue weighted by atomic mass is 16.1. The van der Waals surface area contributed by atoms with Crippen LogP contribution in [0.5, 0.6) is 0 Å². The van der Waals surface area contributed by atoms with Crippen molar-refractivity contribution < 1.29 is 4.79 Å². The molecule has 2 atom stereocenters. The van der Waals surface area contributed by atoms with Gasteiger partial charge in [-0.25, -0.2) is 9.97 Å². The molecule has 1 saturated heterocycles. The summed E-state index contributed by atoms with van der Waals surface area (Å²) in [5.74, 6) is 0.804. The van der Waals surface area contributed by atoms with E-state index >= 15 is 0 Å². The number of hydrogen-bond donors (Lipinski definition) is 1. The van der Waals surface area contributed by atoms with Gasteiger partial charge >= 0.3 is 0 Å². The Hall–Kier alpha value is -2.67. The molecule has 1 aromatic heterocycles. The minimum absolute atomic E-state index is 0.0800. The minimum atomic E-state index is -0.0800. The highest BCUT2D eigenvalue weighted by molar-refractivity contribution is 5.82. The summed E-state index contributed by atoms with van der Waals surface area (Å²) in [5.41, 5.74) is 2.52. The number of carbonyl (C=O) groups excluding carboxylic acids is 1. The molecule has 0 spiro atoms. The lowest BCUT2D eigenvalue weighted by Crippen LogP contribution is -2.61. The number of benzene rings is 1. The first-order valence-electron chi connectivity index (χ1n) is 9.92. The van der Waals surface area contributed by atoms with Gasteiger partial charge in [-0.15, -0.1) is 0 Å². The lowest BCUT2D eigenvalue weighted by atomic mass is 9.83. The van der Waals surface area contributed by atoms with E-state index in [1.165, 1.54) is 11.3 Å². The maximum absolute atomic E-state index is 13.1. The number of para-hydroxylation sites is 1. The second-order valence-corrected chi connectivity index (χ2v) is 7.79. The molecule has 0 radical (unpaired) electrons. The Bertz CT molecular complexity index is 812. The first-order chi connectivity index (χ1) is 13.6. The molecule has 0 aliphatic carbocycles. The highest BCUT2D eigenvalue weighted by Crippen LogP contribution is 2.36. The predicted molar refractivity (Wildman–Crippen MR) is 111 cm³/mol. The molecule has 1 N–H and O–H groups in total. The Labute approximate surface area is 166 Å². The van der Waals surface area contributed by atoms with Crippen molar-refractivity contribution in [2.45, 2.75) is 12.5 Å². The van der Waals surface area contributed by atoms with Crippen LogP contribution in [0, 0.1) is 5.92 Å². The van der Waals surface area contributed by atoms with E-state index in [1.54, 1.807) is 12.4 Å². The van der Waals surface area contributed by atoms with Crippen molar-refractivity contribution in [1.29, 1.82) is 0 Å². The van der Waals surface area contributed by atoms with E-state index in [1.807, 2.05) is 20.2 Å². The molecule has 0 unspecified atom stereocenters. The standard InChI is InChI=1S/C21H28N6O/c1-25(2)11-10-22-20(28)17-14-16-6-3-4-7-18(16)27-13-12-26(15-19(17)27)21-23-8-5-9-24-21/h3-9,17,19H,10-15H2,1-2H3,(H,22,28)/t17-,19+/m1/s1. The van der Waals surface area contributed by atoms with Crippen LogP contribution < -0.4 is 15.1 Å². The number of fused-ring (bicyclic) bond motifs is 3.